The maximum atomic E-state index is 12.6. The van der Waals surface area contributed by atoms with Crippen molar-refractivity contribution in [2.24, 2.45) is 0 Å². The van der Waals surface area contributed by atoms with Gasteiger partial charge in [0.2, 0.25) is 0 Å². The van der Waals surface area contributed by atoms with Gasteiger partial charge in [-0.25, -0.2) is 0 Å². The molecule has 0 N–H and O–H groups in total. The first kappa shape index (κ1) is 21.1. The van der Waals surface area contributed by atoms with Crippen molar-refractivity contribution in [2.75, 3.05) is 40.9 Å². The highest BCUT2D eigenvalue weighted by Crippen LogP contribution is 2.25. The Hall–Kier alpha value is -1.22. The van der Waals surface area contributed by atoms with E-state index in [1.807, 2.05) is 16.7 Å². The van der Waals surface area contributed by atoms with E-state index in [1.165, 1.54) is 0 Å². The number of nitrogens with zero attached hydrogens (tertiary/aromatic N) is 2. The molecule has 0 bridgehead atoms. The summed E-state index contributed by atoms with van der Waals surface area (Å²) < 4.78 is 20.7. The van der Waals surface area contributed by atoms with Gasteiger partial charge in [0.15, 0.2) is 0 Å². The van der Waals surface area contributed by atoms with Crippen LogP contribution in [0.4, 0.5) is 0 Å². The molecule has 0 spiro atoms. The average Bonchev–Trinajstić information content (AvgIpc) is 3.19. The van der Waals surface area contributed by atoms with E-state index in [2.05, 4.69) is 6.92 Å². The van der Waals surface area contributed by atoms with Gasteiger partial charge in [0.25, 0.3) is 11.8 Å². The molecule has 8 heteroatoms. The zero-order valence-corrected chi connectivity index (χ0v) is 16.3. The van der Waals surface area contributed by atoms with E-state index in [0.29, 0.717) is 25.9 Å². The zero-order valence-electron chi connectivity index (χ0n) is 16.3. The van der Waals surface area contributed by atoms with Crippen molar-refractivity contribution in [3.63, 3.8) is 0 Å². The second-order valence-electron chi connectivity index (χ2n) is 6.91. The maximum absolute atomic E-state index is 12.6. The molecule has 3 unspecified atom stereocenters. The molecule has 0 radical (unpaired) electrons. The van der Waals surface area contributed by atoms with Crippen LogP contribution in [-0.2, 0) is 28.5 Å². The van der Waals surface area contributed by atoms with Crippen LogP contribution in [0, 0.1) is 0 Å². The molecule has 8 nitrogen and oxygen atoms in total. The van der Waals surface area contributed by atoms with E-state index in [1.54, 1.807) is 14.2 Å². The number of likely N-dealkylation sites (tertiary alicyclic amines) is 2. The number of ether oxygens (including phenoxy) is 4. The normalized spacial score (nSPS) is 26.0. The van der Waals surface area contributed by atoms with Crippen molar-refractivity contribution in [3.05, 3.63) is 0 Å². The standard InChI is InChI=1S/C18H32N2O6/c1-5-14(20-9-7-16(18(20)22)26-12-24-4)10-13(2)19-8-6-15(17(19)21)25-11-23-3/h13-16H,5-12H2,1-4H3/t13?,14?,15-,16?/m0/s1. The average molecular weight is 372 g/mol. The van der Waals surface area contributed by atoms with Crippen molar-refractivity contribution in [3.8, 4) is 0 Å². The Bertz CT molecular complexity index is 475. The van der Waals surface area contributed by atoms with Crippen LogP contribution in [0.3, 0.4) is 0 Å². The van der Waals surface area contributed by atoms with Crippen molar-refractivity contribution in [1.82, 2.24) is 9.80 Å². The van der Waals surface area contributed by atoms with E-state index in [4.69, 9.17) is 18.9 Å². The van der Waals surface area contributed by atoms with Gasteiger partial charge in [0.1, 0.15) is 25.8 Å². The Morgan fingerprint density at radius 2 is 1.46 bits per heavy atom. The topological polar surface area (TPSA) is 77.5 Å². The number of rotatable bonds is 11. The third-order valence-corrected chi connectivity index (χ3v) is 5.21. The number of carbonyl (C=O) groups excluding carboxylic acids is 2. The summed E-state index contributed by atoms with van der Waals surface area (Å²) in [5, 5.41) is 0. The third-order valence-electron chi connectivity index (χ3n) is 5.21. The van der Waals surface area contributed by atoms with Gasteiger partial charge in [-0.15, -0.1) is 0 Å². The lowest BCUT2D eigenvalue weighted by Crippen LogP contribution is -2.45. The van der Waals surface area contributed by atoms with Crippen LogP contribution >= 0.6 is 0 Å². The second-order valence-corrected chi connectivity index (χ2v) is 6.91. The number of hydrogen-bond donors (Lipinski definition) is 0. The summed E-state index contributed by atoms with van der Waals surface area (Å²) in [6.07, 6.45) is 2.12. The fourth-order valence-corrected chi connectivity index (χ4v) is 3.79. The number of carbonyl (C=O) groups is 2. The number of hydrogen-bond acceptors (Lipinski definition) is 6. The van der Waals surface area contributed by atoms with Gasteiger partial charge in [0.05, 0.1) is 0 Å². The first-order valence-electron chi connectivity index (χ1n) is 9.35. The molecule has 0 aliphatic carbocycles. The molecular weight excluding hydrogens is 340 g/mol. The predicted molar refractivity (Wildman–Crippen MR) is 94.3 cm³/mol. The Morgan fingerprint density at radius 3 is 1.96 bits per heavy atom. The quantitative estimate of drug-likeness (QED) is 0.503. The first-order chi connectivity index (χ1) is 12.5. The minimum Gasteiger partial charge on any atom is -0.359 e. The van der Waals surface area contributed by atoms with E-state index in [0.717, 1.165) is 12.8 Å². The van der Waals surface area contributed by atoms with E-state index in [9.17, 15) is 9.59 Å². The molecule has 150 valence electrons. The third kappa shape index (κ3) is 4.94. The van der Waals surface area contributed by atoms with E-state index in [-0.39, 0.29) is 37.5 Å². The lowest BCUT2D eigenvalue weighted by Gasteiger charge is -2.33. The molecule has 2 amide bonds. The summed E-state index contributed by atoms with van der Waals surface area (Å²) in [6, 6.07) is 0.149. The van der Waals surface area contributed by atoms with Crippen LogP contribution in [0.25, 0.3) is 0 Å². The van der Waals surface area contributed by atoms with Crippen LogP contribution in [0.2, 0.25) is 0 Å². The van der Waals surface area contributed by atoms with Crippen molar-refractivity contribution in [2.45, 2.75) is 63.8 Å². The molecule has 2 rings (SSSR count). The molecule has 4 atom stereocenters. The number of amides is 2. The van der Waals surface area contributed by atoms with E-state index >= 15 is 0 Å². The van der Waals surface area contributed by atoms with Gasteiger partial charge in [-0.1, -0.05) is 6.92 Å². The van der Waals surface area contributed by atoms with Crippen molar-refractivity contribution < 1.29 is 28.5 Å². The SMILES string of the molecule is CCC(CC(C)N1CC[C@H](OCOC)C1=O)N1CCC(OCOC)C1=O. The van der Waals surface area contributed by atoms with Crippen LogP contribution in [0.5, 0.6) is 0 Å². The Morgan fingerprint density at radius 1 is 0.962 bits per heavy atom. The summed E-state index contributed by atoms with van der Waals surface area (Å²) >= 11 is 0. The first-order valence-corrected chi connectivity index (χ1v) is 9.35. The van der Waals surface area contributed by atoms with Crippen molar-refractivity contribution in [1.29, 1.82) is 0 Å². The predicted octanol–water partition coefficient (Wildman–Crippen LogP) is 0.986. The molecule has 2 fully saturated rings. The lowest BCUT2D eigenvalue weighted by molar-refractivity contribution is -0.147. The minimum atomic E-state index is -0.419. The van der Waals surface area contributed by atoms with Gasteiger partial charge in [0, 0.05) is 52.2 Å². The van der Waals surface area contributed by atoms with Gasteiger partial charge >= 0.3 is 0 Å². The maximum Gasteiger partial charge on any atom is 0.252 e. The largest absolute Gasteiger partial charge is 0.359 e. The molecule has 0 aromatic heterocycles. The zero-order chi connectivity index (χ0) is 19.1. The molecule has 2 saturated heterocycles. The summed E-state index contributed by atoms with van der Waals surface area (Å²) in [5.74, 6) is 0.0357. The van der Waals surface area contributed by atoms with E-state index < -0.39 is 12.2 Å². The molecule has 26 heavy (non-hydrogen) atoms. The fraction of sp³-hybridized carbons (Fsp3) is 0.889. The summed E-state index contributed by atoms with van der Waals surface area (Å²) in [7, 11) is 3.09. The molecule has 0 aromatic rings. The minimum absolute atomic E-state index is 0.0125. The summed E-state index contributed by atoms with van der Waals surface area (Å²) in [4.78, 5) is 28.9. The van der Waals surface area contributed by atoms with Crippen LogP contribution < -0.4 is 0 Å². The molecule has 2 aliphatic rings. The Labute approximate surface area is 155 Å². The summed E-state index contributed by atoms with van der Waals surface area (Å²) in [6.45, 7) is 5.73. The smallest absolute Gasteiger partial charge is 0.252 e. The lowest BCUT2D eigenvalue weighted by atomic mass is 10.0. The molecule has 0 saturated carbocycles. The number of methoxy groups -OCH3 is 2. The molecule has 0 aromatic carbocycles. The van der Waals surface area contributed by atoms with Gasteiger partial charge in [-0.3, -0.25) is 9.59 Å². The van der Waals surface area contributed by atoms with Gasteiger partial charge in [-0.05, 0) is 19.8 Å². The molecular formula is C18H32N2O6. The van der Waals surface area contributed by atoms with Crippen molar-refractivity contribution >= 4 is 11.8 Å². The highest BCUT2D eigenvalue weighted by Gasteiger charge is 2.39. The second kappa shape index (κ2) is 10.2. The molecule has 2 aliphatic heterocycles. The van der Waals surface area contributed by atoms with Crippen LogP contribution in [0.1, 0.15) is 39.5 Å². The highest BCUT2D eigenvalue weighted by atomic mass is 16.7. The van der Waals surface area contributed by atoms with Crippen LogP contribution in [0.15, 0.2) is 0 Å². The van der Waals surface area contributed by atoms with Gasteiger partial charge < -0.3 is 28.7 Å². The highest BCUT2D eigenvalue weighted by molar-refractivity contribution is 5.84. The Kier molecular flexibility index (Phi) is 8.27. The van der Waals surface area contributed by atoms with Gasteiger partial charge in [-0.2, -0.15) is 0 Å². The molecule has 2 heterocycles. The summed E-state index contributed by atoms with van der Waals surface area (Å²) in [5.41, 5.74) is 0. The Balaban J connectivity index is 1.89. The fourth-order valence-electron chi connectivity index (χ4n) is 3.79. The van der Waals surface area contributed by atoms with Crippen LogP contribution in [-0.4, -0.2) is 86.8 Å². The monoisotopic (exact) mass is 372 g/mol.